The molecule has 2 rings (SSSR count). The van der Waals surface area contributed by atoms with Gasteiger partial charge in [0.15, 0.2) is 0 Å². The Bertz CT molecular complexity index is 728. The normalized spacial score (nSPS) is 13.0. The molecule has 0 saturated carbocycles. The van der Waals surface area contributed by atoms with Gasteiger partial charge in [0.2, 0.25) is 5.44 Å². The minimum Gasteiger partial charge on any atom is -0.470 e. The van der Waals surface area contributed by atoms with Crippen molar-refractivity contribution in [3.63, 3.8) is 0 Å². The Labute approximate surface area is 149 Å². The van der Waals surface area contributed by atoms with E-state index in [-0.39, 0.29) is 11.4 Å². The molecule has 1 aromatic heterocycles. The first kappa shape index (κ1) is 18.1. The van der Waals surface area contributed by atoms with E-state index >= 15 is 0 Å². The number of halogens is 1. The highest BCUT2D eigenvalue weighted by atomic mass is 79.9. The second-order valence-corrected chi connectivity index (χ2v) is 8.21. The van der Waals surface area contributed by atoms with Gasteiger partial charge >= 0.3 is 0 Å². The van der Waals surface area contributed by atoms with Crippen molar-refractivity contribution in [2.24, 2.45) is 0 Å². The molecule has 0 fully saturated rings. The molecule has 0 aliphatic carbocycles. The zero-order chi connectivity index (χ0) is 17.2. The maximum Gasteiger partial charge on any atom is 0.272 e. The third kappa shape index (κ3) is 4.85. The van der Waals surface area contributed by atoms with Gasteiger partial charge in [-0.2, -0.15) is 0 Å². The van der Waals surface area contributed by atoms with Gasteiger partial charge < -0.3 is 10.1 Å². The molecule has 124 valence electrons. The smallest absolute Gasteiger partial charge is 0.272 e. The van der Waals surface area contributed by atoms with Crippen molar-refractivity contribution >= 4 is 44.5 Å². The fourth-order valence-corrected chi connectivity index (χ4v) is 3.03. The highest BCUT2D eigenvalue weighted by molar-refractivity contribution is 9.10. The summed E-state index contributed by atoms with van der Waals surface area (Å²) in [5.41, 5.74) is 1.07. The van der Waals surface area contributed by atoms with Gasteiger partial charge in [0, 0.05) is 21.6 Å². The van der Waals surface area contributed by atoms with Crippen LogP contribution in [-0.4, -0.2) is 28.1 Å². The molecular formula is C17H21BrN2O2S. The molecule has 0 aliphatic heterocycles. The molecule has 1 heterocycles. The molecule has 0 aliphatic rings. The summed E-state index contributed by atoms with van der Waals surface area (Å²) in [4.78, 5) is 16.7. The van der Waals surface area contributed by atoms with E-state index in [9.17, 15) is 4.79 Å². The number of pyridine rings is 1. The standard InChI is InChI=1S/C17H21BrN2O2S/c1-10-6-13(8-11-7-12(18)9-19-14(10)11)22-16(23-5)15(21)20-17(2,3)4/h6-9,16H,1-5H3,(H,20,21). The fraction of sp³-hybridized carbons (Fsp3) is 0.412. The summed E-state index contributed by atoms with van der Waals surface area (Å²) < 4.78 is 6.82. The van der Waals surface area contributed by atoms with Gasteiger partial charge in [-0.3, -0.25) is 9.78 Å². The van der Waals surface area contributed by atoms with Crippen molar-refractivity contribution in [2.75, 3.05) is 6.26 Å². The van der Waals surface area contributed by atoms with Crippen LogP contribution in [0.25, 0.3) is 10.9 Å². The molecule has 1 amide bonds. The van der Waals surface area contributed by atoms with Crippen molar-refractivity contribution in [2.45, 2.75) is 38.7 Å². The number of nitrogens with one attached hydrogen (secondary N) is 1. The molecule has 0 bridgehead atoms. The van der Waals surface area contributed by atoms with Crippen molar-refractivity contribution in [1.29, 1.82) is 0 Å². The van der Waals surface area contributed by atoms with Gasteiger partial charge in [-0.05, 0) is 73.6 Å². The van der Waals surface area contributed by atoms with E-state index in [0.29, 0.717) is 5.75 Å². The largest absolute Gasteiger partial charge is 0.470 e. The van der Waals surface area contributed by atoms with Crippen molar-refractivity contribution in [3.8, 4) is 5.75 Å². The van der Waals surface area contributed by atoms with Gasteiger partial charge in [0.1, 0.15) is 5.75 Å². The monoisotopic (exact) mass is 396 g/mol. The highest BCUT2D eigenvalue weighted by Gasteiger charge is 2.24. The predicted molar refractivity (Wildman–Crippen MR) is 100 cm³/mol. The van der Waals surface area contributed by atoms with E-state index in [4.69, 9.17) is 4.74 Å². The Morgan fingerprint density at radius 1 is 1.35 bits per heavy atom. The number of hydrogen-bond donors (Lipinski definition) is 1. The molecule has 0 spiro atoms. The molecule has 23 heavy (non-hydrogen) atoms. The number of amides is 1. The number of ether oxygens (including phenoxy) is 1. The van der Waals surface area contributed by atoms with Crippen LogP contribution in [0.4, 0.5) is 0 Å². The molecule has 1 atom stereocenters. The molecule has 0 radical (unpaired) electrons. The Kier molecular flexibility index (Phi) is 5.57. The number of hydrogen-bond acceptors (Lipinski definition) is 4. The highest BCUT2D eigenvalue weighted by Crippen LogP contribution is 2.27. The lowest BCUT2D eigenvalue weighted by Crippen LogP contribution is -2.46. The Balaban J connectivity index is 2.27. The third-order valence-electron chi connectivity index (χ3n) is 3.08. The maximum atomic E-state index is 12.3. The van der Waals surface area contributed by atoms with E-state index in [1.165, 1.54) is 11.8 Å². The van der Waals surface area contributed by atoms with E-state index in [2.05, 4.69) is 26.2 Å². The van der Waals surface area contributed by atoms with Gasteiger partial charge in [0.25, 0.3) is 5.91 Å². The average molecular weight is 397 g/mol. The molecule has 6 heteroatoms. The fourth-order valence-electron chi connectivity index (χ4n) is 2.20. The number of carbonyl (C=O) groups is 1. The number of thioether (sulfide) groups is 1. The molecule has 1 N–H and O–H groups in total. The summed E-state index contributed by atoms with van der Waals surface area (Å²) in [5.74, 6) is 0.536. The quantitative estimate of drug-likeness (QED) is 0.783. The second-order valence-electron chi connectivity index (χ2n) is 6.39. The van der Waals surface area contributed by atoms with E-state index < -0.39 is 5.44 Å². The Morgan fingerprint density at radius 3 is 2.65 bits per heavy atom. The van der Waals surface area contributed by atoms with E-state index in [1.54, 1.807) is 6.20 Å². The Hall–Kier alpha value is -1.27. The number of aryl methyl sites for hydroxylation is 1. The van der Waals surface area contributed by atoms with E-state index in [1.807, 2.05) is 52.1 Å². The molecule has 1 aromatic carbocycles. The summed E-state index contributed by atoms with van der Waals surface area (Å²) in [6, 6.07) is 5.82. The zero-order valence-electron chi connectivity index (χ0n) is 13.9. The van der Waals surface area contributed by atoms with Crippen LogP contribution >= 0.6 is 27.7 Å². The van der Waals surface area contributed by atoms with Gasteiger partial charge in [-0.1, -0.05) is 0 Å². The average Bonchev–Trinajstić information content (AvgIpc) is 2.42. The number of rotatable bonds is 4. The second kappa shape index (κ2) is 7.09. The number of aromatic nitrogens is 1. The molecule has 4 nitrogen and oxygen atoms in total. The number of nitrogens with zero attached hydrogens (tertiary/aromatic N) is 1. The Morgan fingerprint density at radius 2 is 2.04 bits per heavy atom. The minimum atomic E-state index is -0.591. The van der Waals surface area contributed by atoms with Crippen LogP contribution in [0.3, 0.4) is 0 Å². The summed E-state index contributed by atoms with van der Waals surface area (Å²) >= 11 is 4.80. The van der Waals surface area contributed by atoms with Crippen molar-refractivity contribution < 1.29 is 9.53 Å². The number of benzene rings is 1. The summed E-state index contributed by atoms with van der Waals surface area (Å²) in [6.07, 6.45) is 3.64. The maximum absolute atomic E-state index is 12.3. The van der Waals surface area contributed by atoms with Crippen LogP contribution < -0.4 is 10.1 Å². The van der Waals surface area contributed by atoms with Gasteiger partial charge in [-0.15, -0.1) is 11.8 Å². The SMILES string of the molecule is CSC(Oc1cc(C)c2ncc(Br)cc2c1)C(=O)NC(C)(C)C. The van der Waals surface area contributed by atoms with Crippen LogP contribution in [0.2, 0.25) is 0 Å². The lowest BCUT2D eigenvalue weighted by atomic mass is 10.1. The summed E-state index contributed by atoms with van der Waals surface area (Å²) in [7, 11) is 0. The zero-order valence-corrected chi connectivity index (χ0v) is 16.3. The summed E-state index contributed by atoms with van der Waals surface area (Å²) in [6.45, 7) is 7.84. The number of fused-ring (bicyclic) bond motifs is 1. The van der Waals surface area contributed by atoms with Crippen LogP contribution in [0.15, 0.2) is 28.9 Å². The van der Waals surface area contributed by atoms with Crippen LogP contribution in [-0.2, 0) is 4.79 Å². The molecule has 2 aromatic rings. The van der Waals surface area contributed by atoms with Crippen LogP contribution in [0.1, 0.15) is 26.3 Å². The van der Waals surface area contributed by atoms with Crippen LogP contribution in [0, 0.1) is 6.92 Å². The summed E-state index contributed by atoms with van der Waals surface area (Å²) in [5, 5.41) is 3.92. The third-order valence-corrected chi connectivity index (χ3v) is 4.26. The first-order chi connectivity index (χ1) is 10.7. The van der Waals surface area contributed by atoms with Crippen molar-refractivity contribution in [3.05, 3.63) is 34.4 Å². The lowest BCUT2D eigenvalue weighted by Gasteiger charge is -2.24. The lowest BCUT2D eigenvalue weighted by molar-refractivity contribution is -0.125. The van der Waals surface area contributed by atoms with Gasteiger partial charge in [-0.25, -0.2) is 0 Å². The first-order valence-electron chi connectivity index (χ1n) is 7.27. The van der Waals surface area contributed by atoms with E-state index in [0.717, 1.165) is 20.9 Å². The van der Waals surface area contributed by atoms with Crippen molar-refractivity contribution in [1.82, 2.24) is 10.3 Å². The molecular weight excluding hydrogens is 376 g/mol. The molecule has 0 saturated heterocycles. The van der Waals surface area contributed by atoms with Gasteiger partial charge in [0.05, 0.1) is 5.52 Å². The van der Waals surface area contributed by atoms with Crippen LogP contribution in [0.5, 0.6) is 5.75 Å². The first-order valence-corrected chi connectivity index (χ1v) is 9.35. The minimum absolute atomic E-state index is 0.130. The number of carbonyl (C=O) groups excluding carboxylic acids is 1. The molecule has 1 unspecified atom stereocenters. The topological polar surface area (TPSA) is 51.2 Å². The predicted octanol–water partition coefficient (Wildman–Crippen LogP) is 4.29.